The van der Waals surface area contributed by atoms with E-state index in [2.05, 4.69) is 17.2 Å². The van der Waals surface area contributed by atoms with E-state index >= 15 is 0 Å². The van der Waals surface area contributed by atoms with E-state index in [1.54, 1.807) is 5.38 Å². The van der Waals surface area contributed by atoms with Crippen LogP contribution in [-0.4, -0.2) is 30.1 Å². The van der Waals surface area contributed by atoms with Gasteiger partial charge >= 0.3 is 0 Å². The minimum absolute atomic E-state index is 0.125. The van der Waals surface area contributed by atoms with Gasteiger partial charge in [-0.2, -0.15) is 0 Å². The minimum atomic E-state index is -0.125. The molecular formula is C16H18N2O2S. The van der Waals surface area contributed by atoms with Crippen LogP contribution in [0.2, 0.25) is 0 Å². The van der Waals surface area contributed by atoms with Gasteiger partial charge in [0.15, 0.2) is 0 Å². The third-order valence-electron chi connectivity index (χ3n) is 3.55. The fourth-order valence-electron chi connectivity index (χ4n) is 2.31. The Morgan fingerprint density at radius 3 is 2.95 bits per heavy atom. The Labute approximate surface area is 128 Å². The molecule has 0 spiro atoms. The highest BCUT2D eigenvalue weighted by molar-refractivity contribution is 7.13. The zero-order chi connectivity index (χ0) is 14.7. The third-order valence-corrected chi connectivity index (χ3v) is 4.44. The van der Waals surface area contributed by atoms with E-state index in [4.69, 9.17) is 4.74 Å². The van der Waals surface area contributed by atoms with E-state index in [-0.39, 0.29) is 12.0 Å². The summed E-state index contributed by atoms with van der Waals surface area (Å²) >= 11 is 1.49. The summed E-state index contributed by atoms with van der Waals surface area (Å²) in [5, 5.41) is 5.57. The van der Waals surface area contributed by atoms with Crippen LogP contribution < -0.4 is 5.32 Å². The van der Waals surface area contributed by atoms with Gasteiger partial charge in [-0.15, -0.1) is 11.3 Å². The number of carbonyl (C=O) groups excluding carboxylic acids is 1. The second-order valence-corrected chi connectivity index (χ2v) is 6.11. The highest BCUT2D eigenvalue weighted by Gasteiger charge is 2.18. The van der Waals surface area contributed by atoms with Crippen molar-refractivity contribution in [2.45, 2.75) is 25.9 Å². The van der Waals surface area contributed by atoms with Gasteiger partial charge in [-0.05, 0) is 19.8 Å². The molecule has 3 rings (SSSR count). The van der Waals surface area contributed by atoms with Crippen LogP contribution in [0.1, 0.15) is 28.9 Å². The van der Waals surface area contributed by atoms with Crippen LogP contribution in [-0.2, 0) is 4.74 Å². The maximum absolute atomic E-state index is 12.1. The van der Waals surface area contributed by atoms with Gasteiger partial charge < -0.3 is 10.1 Å². The number of ether oxygens (including phenoxy) is 1. The molecule has 21 heavy (non-hydrogen) atoms. The molecule has 110 valence electrons. The summed E-state index contributed by atoms with van der Waals surface area (Å²) in [5.74, 6) is -0.125. The average molecular weight is 302 g/mol. The molecule has 0 aliphatic carbocycles. The lowest BCUT2D eigenvalue weighted by Crippen LogP contribution is -2.31. The number of amides is 1. The average Bonchev–Trinajstić information content (AvgIpc) is 3.17. The van der Waals surface area contributed by atoms with Crippen molar-refractivity contribution in [3.8, 4) is 10.6 Å². The van der Waals surface area contributed by atoms with Crippen LogP contribution >= 0.6 is 11.3 Å². The zero-order valence-electron chi connectivity index (χ0n) is 12.0. The largest absolute Gasteiger partial charge is 0.376 e. The molecule has 1 aromatic carbocycles. The van der Waals surface area contributed by atoms with Crippen LogP contribution in [0.15, 0.2) is 29.6 Å². The van der Waals surface area contributed by atoms with Crippen LogP contribution in [0.3, 0.4) is 0 Å². The molecule has 1 unspecified atom stereocenters. The van der Waals surface area contributed by atoms with Gasteiger partial charge in [-0.1, -0.05) is 29.8 Å². The lowest BCUT2D eigenvalue weighted by molar-refractivity contribution is 0.0854. The minimum Gasteiger partial charge on any atom is -0.376 e. The molecule has 0 bridgehead atoms. The summed E-state index contributed by atoms with van der Waals surface area (Å²) < 4.78 is 5.49. The number of hydrogen-bond donors (Lipinski definition) is 1. The highest BCUT2D eigenvalue weighted by atomic mass is 32.1. The van der Waals surface area contributed by atoms with Crippen LogP contribution in [0.25, 0.3) is 10.6 Å². The number of rotatable bonds is 4. The summed E-state index contributed by atoms with van der Waals surface area (Å²) in [7, 11) is 0. The maximum Gasteiger partial charge on any atom is 0.270 e. The topological polar surface area (TPSA) is 51.2 Å². The predicted octanol–water partition coefficient (Wildman–Crippen LogP) is 3.03. The Morgan fingerprint density at radius 2 is 2.24 bits per heavy atom. The number of nitrogens with one attached hydrogen (secondary N) is 1. The molecule has 1 aromatic heterocycles. The first-order chi connectivity index (χ1) is 10.2. The fraction of sp³-hybridized carbons (Fsp3) is 0.375. The van der Waals surface area contributed by atoms with Gasteiger partial charge in [0.05, 0.1) is 6.10 Å². The number of nitrogens with zero attached hydrogens (tertiary/aromatic N) is 1. The molecule has 2 heterocycles. The van der Waals surface area contributed by atoms with Crippen molar-refractivity contribution in [2.75, 3.05) is 13.2 Å². The van der Waals surface area contributed by atoms with Crippen molar-refractivity contribution in [1.82, 2.24) is 10.3 Å². The molecule has 1 aliphatic rings. The maximum atomic E-state index is 12.1. The van der Waals surface area contributed by atoms with Gasteiger partial charge in [0, 0.05) is 24.1 Å². The first-order valence-corrected chi connectivity index (χ1v) is 8.03. The monoisotopic (exact) mass is 302 g/mol. The van der Waals surface area contributed by atoms with Gasteiger partial charge in [-0.3, -0.25) is 4.79 Å². The number of aromatic nitrogens is 1. The summed E-state index contributed by atoms with van der Waals surface area (Å²) in [4.78, 5) is 16.5. The lowest BCUT2D eigenvalue weighted by atomic mass is 10.2. The summed E-state index contributed by atoms with van der Waals surface area (Å²) in [6, 6.07) is 8.16. The number of hydrogen-bond acceptors (Lipinski definition) is 4. The first kappa shape index (κ1) is 14.2. The fourth-order valence-corrected chi connectivity index (χ4v) is 3.12. The molecular weight excluding hydrogens is 284 g/mol. The number of carbonyl (C=O) groups is 1. The second kappa shape index (κ2) is 6.37. The summed E-state index contributed by atoms with van der Waals surface area (Å²) in [5.41, 5.74) is 2.74. The second-order valence-electron chi connectivity index (χ2n) is 5.25. The van der Waals surface area contributed by atoms with E-state index in [1.165, 1.54) is 16.9 Å². The molecule has 2 aromatic rings. The molecule has 1 amide bonds. The van der Waals surface area contributed by atoms with Crippen molar-refractivity contribution >= 4 is 17.2 Å². The Balaban J connectivity index is 1.63. The first-order valence-electron chi connectivity index (χ1n) is 7.15. The summed E-state index contributed by atoms with van der Waals surface area (Å²) in [6.07, 6.45) is 2.25. The zero-order valence-corrected chi connectivity index (χ0v) is 12.8. The molecule has 1 aliphatic heterocycles. The molecule has 1 saturated heterocycles. The van der Waals surface area contributed by atoms with Crippen molar-refractivity contribution in [3.63, 3.8) is 0 Å². The molecule has 4 nitrogen and oxygen atoms in total. The van der Waals surface area contributed by atoms with Gasteiger partial charge in [0.2, 0.25) is 0 Å². The normalized spacial score (nSPS) is 17.9. The van der Waals surface area contributed by atoms with E-state index in [1.807, 2.05) is 24.3 Å². The molecule has 5 heteroatoms. The van der Waals surface area contributed by atoms with Gasteiger partial charge in [0.1, 0.15) is 10.7 Å². The quantitative estimate of drug-likeness (QED) is 0.944. The lowest BCUT2D eigenvalue weighted by Gasteiger charge is -2.09. The smallest absolute Gasteiger partial charge is 0.270 e. The third kappa shape index (κ3) is 3.49. The Hall–Kier alpha value is -1.72. The van der Waals surface area contributed by atoms with Crippen LogP contribution in [0.5, 0.6) is 0 Å². The Kier molecular flexibility index (Phi) is 4.31. The molecule has 1 fully saturated rings. The van der Waals surface area contributed by atoms with E-state index < -0.39 is 0 Å². The molecule has 1 N–H and O–H groups in total. The van der Waals surface area contributed by atoms with Gasteiger partial charge in [-0.25, -0.2) is 4.98 Å². The molecule has 1 atom stereocenters. The van der Waals surface area contributed by atoms with Crippen LogP contribution in [0.4, 0.5) is 0 Å². The summed E-state index contributed by atoms with van der Waals surface area (Å²) in [6.45, 7) is 3.42. The number of thiazole rings is 1. The SMILES string of the molecule is Cc1ccc(-c2nc(C(=O)NCC3CCCO3)cs2)cc1. The standard InChI is InChI=1S/C16H18N2O2S/c1-11-4-6-12(7-5-11)16-18-14(10-21-16)15(19)17-9-13-3-2-8-20-13/h4-7,10,13H,2-3,8-9H2,1H3,(H,17,19). The van der Waals surface area contributed by atoms with E-state index in [9.17, 15) is 4.79 Å². The van der Waals surface area contributed by atoms with Crippen molar-refractivity contribution in [3.05, 3.63) is 40.9 Å². The van der Waals surface area contributed by atoms with Crippen molar-refractivity contribution < 1.29 is 9.53 Å². The predicted molar refractivity (Wildman–Crippen MR) is 83.6 cm³/mol. The number of aryl methyl sites for hydroxylation is 1. The van der Waals surface area contributed by atoms with Crippen molar-refractivity contribution in [1.29, 1.82) is 0 Å². The van der Waals surface area contributed by atoms with Crippen LogP contribution in [0, 0.1) is 6.92 Å². The number of benzene rings is 1. The Morgan fingerprint density at radius 1 is 1.43 bits per heavy atom. The highest BCUT2D eigenvalue weighted by Crippen LogP contribution is 2.24. The molecule has 0 saturated carbocycles. The van der Waals surface area contributed by atoms with Crippen molar-refractivity contribution in [2.24, 2.45) is 0 Å². The van der Waals surface area contributed by atoms with E-state index in [0.717, 1.165) is 30.0 Å². The van der Waals surface area contributed by atoms with E-state index in [0.29, 0.717) is 12.2 Å². The van der Waals surface area contributed by atoms with Gasteiger partial charge in [0.25, 0.3) is 5.91 Å². The molecule has 0 radical (unpaired) electrons. The Bertz CT molecular complexity index is 615.